The van der Waals surface area contributed by atoms with Crippen molar-refractivity contribution in [3.8, 4) is 5.75 Å². The lowest BCUT2D eigenvalue weighted by Crippen LogP contribution is -2.19. The van der Waals surface area contributed by atoms with Crippen LogP contribution in [0.1, 0.15) is 29.8 Å². The Morgan fingerprint density at radius 1 is 1.20 bits per heavy atom. The van der Waals surface area contributed by atoms with Crippen molar-refractivity contribution in [1.29, 1.82) is 0 Å². The summed E-state index contributed by atoms with van der Waals surface area (Å²) in [5.41, 5.74) is 1.65. The van der Waals surface area contributed by atoms with E-state index in [0.717, 1.165) is 5.56 Å². The standard InChI is InChI=1S/C16H15FO2S/c1-20-12-5-2-10(3-6-12)15-9-14(18)13-7-4-11(17)8-16(13)19-15/h2-8,14-15,18H,9H2,1H3/t14-,15?/m0/s1. The zero-order valence-electron chi connectivity index (χ0n) is 11.0. The summed E-state index contributed by atoms with van der Waals surface area (Å²) in [5, 5.41) is 10.2. The topological polar surface area (TPSA) is 29.5 Å². The lowest BCUT2D eigenvalue weighted by molar-refractivity contribution is 0.0653. The number of thioether (sulfide) groups is 1. The van der Waals surface area contributed by atoms with Crippen LogP contribution in [-0.4, -0.2) is 11.4 Å². The number of rotatable bonds is 2. The van der Waals surface area contributed by atoms with Crippen molar-refractivity contribution < 1.29 is 14.2 Å². The summed E-state index contributed by atoms with van der Waals surface area (Å²) < 4.78 is 19.1. The monoisotopic (exact) mass is 290 g/mol. The van der Waals surface area contributed by atoms with Gasteiger partial charge in [-0.25, -0.2) is 4.39 Å². The fraction of sp³-hybridized carbons (Fsp3) is 0.250. The van der Waals surface area contributed by atoms with E-state index in [1.807, 2.05) is 30.5 Å². The van der Waals surface area contributed by atoms with E-state index in [2.05, 4.69) is 0 Å². The number of halogens is 1. The molecule has 0 fully saturated rings. The van der Waals surface area contributed by atoms with Crippen LogP contribution in [-0.2, 0) is 0 Å². The van der Waals surface area contributed by atoms with E-state index in [9.17, 15) is 9.50 Å². The Hall–Kier alpha value is -1.52. The Morgan fingerprint density at radius 3 is 2.65 bits per heavy atom. The number of ether oxygens (including phenoxy) is 1. The summed E-state index contributed by atoms with van der Waals surface area (Å²) >= 11 is 1.68. The zero-order valence-corrected chi connectivity index (χ0v) is 11.9. The maximum Gasteiger partial charge on any atom is 0.128 e. The van der Waals surface area contributed by atoms with Crippen LogP contribution in [0.15, 0.2) is 47.4 Å². The lowest BCUT2D eigenvalue weighted by Gasteiger charge is -2.30. The Morgan fingerprint density at radius 2 is 1.95 bits per heavy atom. The van der Waals surface area contributed by atoms with Gasteiger partial charge in [0.15, 0.2) is 0 Å². The largest absolute Gasteiger partial charge is 0.485 e. The van der Waals surface area contributed by atoms with Crippen LogP contribution in [0.5, 0.6) is 5.75 Å². The van der Waals surface area contributed by atoms with Crippen molar-refractivity contribution in [3.63, 3.8) is 0 Å². The number of hydrogen-bond donors (Lipinski definition) is 1. The maximum atomic E-state index is 13.3. The van der Waals surface area contributed by atoms with Gasteiger partial charge < -0.3 is 9.84 Å². The van der Waals surface area contributed by atoms with Crippen molar-refractivity contribution >= 4 is 11.8 Å². The predicted octanol–water partition coefficient (Wildman–Crippen LogP) is 4.10. The molecule has 1 unspecified atom stereocenters. The van der Waals surface area contributed by atoms with Gasteiger partial charge >= 0.3 is 0 Å². The lowest BCUT2D eigenvalue weighted by atomic mass is 9.95. The van der Waals surface area contributed by atoms with Crippen LogP contribution < -0.4 is 4.74 Å². The molecule has 2 aromatic rings. The maximum absolute atomic E-state index is 13.3. The van der Waals surface area contributed by atoms with Crippen molar-refractivity contribution in [2.45, 2.75) is 23.5 Å². The summed E-state index contributed by atoms with van der Waals surface area (Å²) in [5.74, 6) is 0.0806. The molecular weight excluding hydrogens is 275 g/mol. The molecule has 3 rings (SSSR count). The van der Waals surface area contributed by atoms with Crippen LogP contribution >= 0.6 is 11.8 Å². The summed E-state index contributed by atoms with van der Waals surface area (Å²) in [4.78, 5) is 1.18. The average molecular weight is 290 g/mol. The number of hydrogen-bond acceptors (Lipinski definition) is 3. The van der Waals surface area contributed by atoms with E-state index in [-0.39, 0.29) is 11.9 Å². The van der Waals surface area contributed by atoms with Crippen LogP contribution in [0.4, 0.5) is 4.39 Å². The molecule has 0 spiro atoms. The van der Waals surface area contributed by atoms with E-state index in [0.29, 0.717) is 17.7 Å². The molecule has 1 heterocycles. The Bertz CT molecular complexity index is 612. The van der Waals surface area contributed by atoms with Gasteiger partial charge in [0, 0.05) is 22.9 Å². The minimum Gasteiger partial charge on any atom is -0.485 e. The molecule has 2 atom stereocenters. The highest BCUT2D eigenvalue weighted by atomic mass is 32.2. The minimum absolute atomic E-state index is 0.241. The van der Waals surface area contributed by atoms with E-state index in [1.54, 1.807) is 17.8 Å². The number of aliphatic hydroxyl groups is 1. The fourth-order valence-electron chi connectivity index (χ4n) is 2.44. The van der Waals surface area contributed by atoms with E-state index >= 15 is 0 Å². The molecule has 2 nitrogen and oxygen atoms in total. The first kappa shape index (κ1) is 13.5. The smallest absolute Gasteiger partial charge is 0.128 e. The first-order valence-electron chi connectivity index (χ1n) is 6.45. The van der Waals surface area contributed by atoms with Crippen LogP contribution in [0.3, 0.4) is 0 Å². The van der Waals surface area contributed by atoms with Crippen LogP contribution in [0.2, 0.25) is 0 Å². The molecule has 1 aliphatic heterocycles. The molecule has 0 aliphatic carbocycles. The summed E-state index contributed by atoms with van der Waals surface area (Å²) in [7, 11) is 0. The second kappa shape index (κ2) is 5.46. The Balaban J connectivity index is 1.89. The second-order valence-corrected chi connectivity index (χ2v) is 5.69. The van der Waals surface area contributed by atoms with Crippen molar-refractivity contribution in [1.82, 2.24) is 0 Å². The summed E-state index contributed by atoms with van der Waals surface area (Å²) in [6.07, 6.45) is 1.64. The molecular formula is C16H15FO2S. The molecule has 104 valence electrons. The molecule has 0 bridgehead atoms. The third-order valence-corrected chi connectivity index (χ3v) is 4.27. The molecule has 1 N–H and O–H groups in total. The van der Waals surface area contributed by atoms with Gasteiger partial charge in [0.05, 0.1) is 6.10 Å². The molecule has 0 amide bonds. The van der Waals surface area contributed by atoms with Crippen LogP contribution in [0.25, 0.3) is 0 Å². The molecule has 0 saturated carbocycles. The van der Waals surface area contributed by atoms with Gasteiger partial charge in [-0.05, 0) is 36.1 Å². The van der Waals surface area contributed by atoms with Gasteiger partial charge in [-0.3, -0.25) is 0 Å². The normalized spacial score (nSPS) is 21.1. The minimum atomic E-state index is -0.621. The van der Waals surface area contributed by atoms with E-state index in [4.69, 9.17) is 4.74 Å². The van der Waals surface area contributed by atoms with Gasteiger partial charge in [0.1, 0.15) is 17.7 Å². The fourth-order valence-corrected chi connectivity index (χ4v) is 2.85. The first-order chi connectivity index (χ1) is 9.67. The zero-order chi connectivity index (χ0) is 14.1. The van der Waals surface area contributed by atoms with Crippen molar-refractivity contribution in [3.05, 3.63) is 59.4 Å². The first-order valence-corrected chi connectivity index (χ1v) is 7.68. The predicted molar refractivity (Wildman–Crippen MR) is 77.6 cm³/mol. The van der Waals surface area contributed by atoms with E-state index < -0.39 is 6.10 Å². The van der Waals surface area contributed by atoms with Gasteiger partial charge in [-0.15, -0.1) is 11.8 Å². The van der Waals surface area contributed by atoms with Gasteiger partial charge in [-0.2, -0.15) is 0 Å². The van der Waals surface area contributed by atoms with Gasteiger partial charge in [0.25, 0.3) is 0 Å². The third kappa shape index (κ3) is 2.53. The molecule has 20 heavy (non-hydrogen) atoms. The van der Waals surface area contributed by atoms with Crippen molar-refractivity contribution in [2.24, 2.45) is 0 Å². The number of fused-ring (bicyclic) bond motifs is 1. The van der Waals surface area contributed by atoms with Crippen molar-refractivity contribution in [2.75, 3.05) is 6.26 Å². The summed E-state index contributed by atoms with van der Waals surface area (Å²) in [6.45, 7) is 0. The molecule has 2 aromatic carbocycles. The highest BCUT2D eigenvalue weighted by molar-refractivity contribution is 7.98. The summed E-state index contributed by atoms with van der Waals surface area (Å²) in [6, 6.07) is 12.3. The molecule has 0 saturated heterocycles. The number of benzene rings is 2. The second-order valence-electron chi connectivity index (χ2n) is 4.81. The number of aliphatic hydroxyl groups excluding tert-OH is 1. The third-order valence-electron chi connectivity index (χ3n) is 3.53. The molecule has 1 aliphatic rings. The molecule has 4 heteroatoms. The average Bonchev–Trinajstić information content (AvgIpc) is 2.46. The highest BCUT2D eigenvalue weighted by Crippen LogP contribution is 2.41. The van der Waals surface area contributed by atoms with Gasteiger partial charge in [-0.1, -0.05) is 12.1 Å². The van der Waals surface area contributed by atoms with Gasteiger partial charge in [0.2, 0.25) is 0 Å². The SMILES string of the molecule is CSc1ccc(C2C[C@H](O)c3ccc(F)cc3O2)cc1. The highest BCUT2D eigenvalue weighted by Gasteiger charge is 2.28. The Labute approximate surface area is 121 Å². The van der Waals surface area contributed by atoms with E-state index in [1.165, 1.54) is 17.0 Å². The quantitative estimate of drug-likeness (QED) is 0.844. The molecule has 0 radical (unpaired) electrons. The van der Waals surface area contributed by atoms with Crippen LogP contribution in [0, 0.1) is 5.82 Å². The Kier molecular flexibility index (Phi) is 3.68. The molecule has 0 aromatic heterocycles.